The van der Waals surface area contributed by atoms with Gasteiger partial charge in [0.25, 0.3) is 0 Å². The van der Waals surface area contributed by atoms with Gasteiger partial charge in [0, 0.05) is 12.0 Å². The van der Waals surface area contributed by atoms with Crippen LogP contribution in [0.4, 0.5) is 0 Å². The van der Waals surface area contributed by atoms with Crippen molar-refractivity contribution >= 4 is 11.8 Å². The molecule has 0 fully saturated rings. The first-order valence-corrected chi connectivity index (χ1v) is 5.46. The average molecular weight is 236 g/mol. The minimum absolute atomic E-state index is 0.0811. The van der Waals surface area contributed by atoms with E-state index in [1.807, 2.05) is 6.92 Å². The number of hydrogen-bond acceptors (Lipinski definition) is 4. The summed E-state index contributed by atoms with van der Waals surface area (Å²) in [6.45, 7) is 3.42. The third kappa shape index (κ3) is 3.59. The van der Waals surface area contributed by atoms with Gasteiger partial charge in [-0.15, -0.1) is 0 Å². The van der Waals surface area contributed by atoms with Crippen molar-refractivity contribution < 1.29 is 19.1 Å². The van der Waals surface area contributed by atoms with Gasteiger partial charge in [0.05, 0.1) is 7.11 Å². The van der Waals surface area contributed by atoms with Gasteiger partial charge < -0.3 is 9.47 Å². The molecular weight excluding hydrogens is 220 g/mol. The summed E-state index contributed by atoms with van der Waals surface area (Å²) < 4.78 is 9.90. The molecule has 17 heavy (non-hydrogen) atoms. The first-order chi connectivity index (χ1) is 8.08. The van der Waals surface area contributed by atoms with Crippen LogP contribution in [-0.2, 0) is 9.53 Å². The van der Waals surface area contributed by atoms with E-state index in [1.54, 1.807) is 31.2 Å². The highest BCUT2D eigenvalue weighted by Crippen LogP contribution is 2.15. The van der Waals surface area contributed by atoms with Gasteiger partial charge in [-0.05, 0) is 31.2 Å². The molecule has 0 spiro atoms. The van der Waals surface area contributed by atoms with Gasteiger partial charge in [0.1, 0.15) is 5.75 Å². The molecule has 1 aromatic carbocycles. The predicted molar refractivity (Wildman–Crippen MR) is 63.2 cm³/mol. The summed E-state index contributed by atoms with van der Waals surface area (Å²) in [7, 11) is 1.31. The lowest BCUT2D eigenvalue weighted by atomic mass is 10.1. The van der Waals surface area contributed by atoms with Crippen molar-refractivity contribution in [3.63, 3.8) is 0 Å². The molecule has 92 valence electrons. The number of Topliss-reactive ketones (excluding diaryl/α,β-unsaturated/α-hetero) is 1. The van der Waals surface area contributed by atoms with Crippen molar-refractivity contribution in [3.8, 4) is 5.75 Å². The molecule has 0 aliphatic heterocycles. The van der Waals surface area contributed by atoms with Gasteiger partial charge in [-0.25, -0.2) is 4.79 Å². The van der Waals surface area contributed by atoms with Gasteiger partial charge in [-0.1, -0.05) is 6.92 Å². The lowest BCUT2D eigenvalue weighted by Crippen LogP contribution is -2.24. The number of rotatable bonds is 5. The van der Waals surface area contributed by atoms with E-state index in [4.69, 9.17) is 4.74 Å². The van der Waals surface area contributed by atoms with E-state index in [9.17, 15) is 9.59 Å². The smallest absolute Gasteiger partial charge is 0.346 e. The normalized spacial score (nSPS) is 11.7. The molecule has 1 rings (SSSR count). The maximum Gasteiger partial charge on any atom is 0.346 e. The lowest BCUT2D eigenvalue weighted by molar-refractivity contribution is -0.147. The minimum Gasteiger partial charge on any atom is -0.479 e. The zero-order chi connectivity index (χ0) is 12.8. The van der Waals surface area contributed by atoms with Crippen LogP contribution in [0.3, 0.4) is 0 Å². The van der Waals surface area contributed by atoms with Crippen molar-refractivity contribution in [1.29, 1.82) is 0 Å². The van der Waals surface area contributed by atoms with E-state index < -0.39 is 12.1 Å². The zero-order valence-electron chi connectivity index (χ0n) is 10.2. The van der Waals surface area contributed by atoms with Crippen LogP contribution >= 0.6 is 0 Å². The number of esters is 1. The van der Waals surface area contributed by atoms with Gasteiger partial charge in [0.15, 0.2) is 11.9 Å². The molecule has 4 heteroatoms. The quantitative estimate of drug-likeness (QED) is 0.581. The zero-order valence-corrected chi connectivity index (χ0v) is 10.2. The highest BCUT2D eigenvalue weighted by molar-refractivity contribution is 5.95. The molecule has 0 amide bonds. The Morgan fingerprint density at radius 3 is 2.29 bits per heavy atom. The fourth-order valence-corrected chi connectivity index (χ4v) is 1.34. The second-order valence-electron chi connectivity index (χ2n) is 3.58. The van der Waals surface area contributed by atoms with Crippen LogP contribution in [0.5, 0.6) is 5.75 Å². The largest absolute Gasteiger partial charge is 0.479 e. The Morgan fingerprint density at radius 1 is 1.24 bits per heavy atom. The van der Waals surface area contributed by atoms with Crippen molar-refractivity contribution in [2.24, 2.45) is 0 Å². The monoisotopic (exact) mass is 236 g/mol. The minimum atomic E-state index is -0.660. The van der Waals surface area contributed by atoms with Crippen LogP contribution in [0.25, 0.3) is 0 Å². The number of ether oxygens (including phenoxy) is 2. The summed E-state index contributed by atoms with van der Waals surface area (Å²) in [6.07, 6.45) is -0.189. The van der Waals surface area contributed by atoms with E-state index in [-0.39, 0.29) is 5.78 Å². The number of carbonyl (C=O) groups is 2. The summed E-state index contributed by atoms with van der Waals surface area (Å²) in [6, 6.07) is 6.71. The van der Waals surface area contributed by atoms with Gasteiger partial charge in [0.2, 0.25) is 0 Å². The van der Waals surface area contributed by atoms with Gasteiger partial charge >= 0.3 is 5.97 Å². The average Bonchev–Trinajstić information content (AvgIpc) is 2.37. The number of methoxy groups -OCH3 is 1. The Balaban J connectivity index is 2.68. The van der Waals surface area contributed by atoms with Crippen molar-refractivity contribution in [1.82, 2.24) is 0 Å². The summed E-state index contributed by atoms with van der Waals surface area (Å²) in [5.41, 5.74) is 0.644. The number of carbonyl (C=O) groups excluding carboxylic acids is 2. The Hall–Kier alpha value is -1.84. The van der Waals surface area contributed by atoms with Crippen molar-refractivity contribution in [3.05, 3.63) is 29.8 Å². The number of ketones is 1. The van der Waals surface area contributed by atoms with Crippen molar-refractivity contribution in [2.45, 2.75) is 26.4 Å². The molecule has 4 nitrogen and oxygen atoms in total. The molecule has 0 heterocycles. The van der Waals surface area contributed by atoms with Crippen LogP contribution in [-0.4, -0.2) is 25.0 Å². The van der Waals surface area contributed by atoms with E-state index in [0.29, 0.717) is 17.7 Å². The van der Waals surface area contributed by atoms with E-state index in [1.165, 1.54) is 7.11 Å². The highest BCUT2D eigenvalue weighted by Gasteiger charge is 2.14. The lowest BCUT2D eigenvalue weighted by Gasteiger charge is -2.12. The SMILES string of the molecule is CCC(=O)c1ccc(OC(C)C(=O)OC)cc1. The Bertz CT molecular complexity index is 394. The summed E-state index contributed by atoms with van der Waals surface area (Å²) in [5.74, 6) is 0.187. The summed E-state index contributed by atoms with van der Waals surface area (Å²) >= 11 is 0. The molecule has 1 unspecified atom stereocenters. The fraction of sp³-hybridized carbons (Fsp3) is 0.385. The third-order valence-electron chi connectivity index (χ3n) is 2.34. The van der Waals surface area contributed by atoms with Crippen LogP contribution < -0.4 is 4.74 Å². The molecule has 0 aliphatic carbocycles. The highest BCUT2D eigenvalue weighted by atomic mass is 16.6. The molecule has 0 saturated heterocycles. The van der Waals surface area contributed by atoms with Crippen LogP contribution in [0, 0.1) is 0 Å². The molecule has 0 N–H and O–H groups in total. The topological polar surface area (TPSA) is 52.6 Å². The third-order valence-corrected chi connectivity index (χ3v) is 2.34. The molecule has 1 aromatic rings. The molecular formula is C13H16O4. The molecule has 0 radical (unpaired) electrons. The first-order valence-electron chi connectivity index (χ1n) is 5.46. The number of hydrogen-bond donors (Lipinski definition) is 0. The predicted octanol–water partition coefficient (Wildman–Crippen LogP) is 2.22. The van der Waals surface area contributed by atoms with Crippen LogP contribution in [0.1, 0.15) is 30.6 Å². The van der Waals surface area contributed by atoms with E-state index >= 15 is 0 Å². The van der Waals surface area contributed by atoms with Gasteiger partial charge in [-0.3, -0.25) is 4.79 Å². The molecule has 0 aliphatic rings. The molecule has 0 aromatic heterocycles. The maximum absolute atomic E-state index is 11.4. The second-order valence-corrected chi connectivity index (χ2v) is 3.58. The fourth-order valence-electron chi connectivity index (χ4n) is 1.34. The van der Waals surface area contributed by atoms with E-state index in [2.05, 4.69) is 4.74 Å². The Kier molecular flexibility index (Phi) is 4.69. The Labute approximate surface area is 101 Å². The number of benzene rings is 1. The standard InChI is InChI=1S/C13H16O4/c1-4-12(14)10-5-7-11(8-6-10)17-9(2)13(15)16-3/h5-9H,4H2,1-3H3. The van der Waals surface area contributed by atoms with Crippen LogP contribution in [0.15, 0.2) is 24.3 Å². The summed E-state index contributed by atoms with van der Waals surface area (Å²) in [4.78, 5) is 22.5. The molecule has 1 atom stereocenters. The maximum atomic E-state index is 11.4. The Morgan fingerprint density at radius 2 is 1.82 bits per heavy atom. The van der Waals surface area contributed by atoms with Gasteiger partial charge in [-0.2, -0.15) is 0 Å². The molecule has 0 bridgehead atoms. The van der Waals surface area contributed by atoms with Crippen molar-refractivity contribution in [2.75, 3.05) is 7.11 Å². The second kappa shape index (κ2) is 6.03. The van der Waals surface area contributed by atoms with E-state index in [0.717, 1.165) is 0 Å². The first kappa shape index (κ1) is 13.2. The summed E-state index contributed by atoms with van der Waals surface area (Å²) in [5, 5.41) is 0. The van der Waals surface area contributed by atoms with Crippen LogP contribution in [0.2, 0.25) is 0 Å². The molecule has 0 saturated carbocycles.